The Balaban J connectivity index is 2.98. The first-order valence-corrected chi connectivity index (χ1v) is 6.44. The highest BCUT2D eigenvalue weighted by Crippen LogP contribution is 2.10. The van der Waals surface area contributed by atoms with Crippen molar-refractivity contribution in [3.63, 3.8) is 0 Å². The molecular formula is C15H17N3O2. The van der Waals surface area contributed by atoms with Crippen molar-refractivity contribution in [1.82, 2.24) is 9.88 Å². The Morgan fingerprint density at radius 2 is 2.30 bits per heavy atom. The third-order valence-corrected chi connectivity index (χ3v) is 2.67. The van der Waals surface area contributed by atoms with Crippen LogP contribution in [0.25, 0.3) is 0 Å². The largest absolute Gasteiger partial charge is 0.395 e. The molecule has 104 valence electrons. The number of nitrogens with zero attached hydrogens (tertiary/aromatic N) is 3. The summed E-state index contributed by atoms with van der Waals surface area (Å²) >= 11 is 0. The maximum atomic E-state index is 12.4. The molecular weight excluding hydrogens is 254 g/mol. The highest BCUT2D eigenvalue weighted by atomic mass is 16.2. The molecule has 5 heteroatoms. The molecule has 1 rings (SSSR count). The van der Waals surface area contributed by atoms with Crippen LogP contribution in [0.2, 0.25) is 0 Å². The average molecular weight is 271 g/mol. The molecule has 0 bridgehead atoms. The second-order valence-corrected chi connectivity index (χ2v) is 3.99. The number of nitriles is 1. The summed E-state index contributed by atoms with van der Waals surface area (Å²) in [6, 6.07) is 3.66. The molecule has 0 aliphatic rings. The summed E-state index contributed by atoms with van der Waals surface area (Å²) in [6.07, 6.45) is 3.74. The molecule has 0 aliphatic heterocycles. The van der Waals surface area contributed by atoms with Gasteiger partial charge in [0.15, 0.2) is 0 Å². The zero-order valence-electron chi connectivity index (χ0n) is 11.5. The Bertz CT molecular complexity index is 552. The Hall–Kier alpha value is -2.37. The van der Waals surface area contributed by atoms with Gasteiger partial charge in [0, 0.05) is 31.9 Å². The molecule has 0 atom stereocenters. The van der Waals surface area contributed by atoms with E-state index in [2.05, 4.69) is 16.8 Å². The number of amides is 1. The molecule has 0 aliphatic carbocycles. The monoisotopic (exact) mass is 271 g/mol. The quantitative estimate of drug-likeness (QED) is 0.816. The van der Waals surface area contributed by atoms with Crippen LogP contribution in [0.15, 0.2) is 18.5 Å². The lowest BCUT2D eigenvalue weighted by molar-refractivity contribution is 0.0767. The molecule has 0 saturated carbocycles. The maximum Gasteiger partial charge on any atom is 0.255 e. The Morgan fingerprint density at radius 1 is 1.50 bits per heavy atom. The van der Waals surface area contributed by atoms with Crippen molar-refractivity contribution < 1.29 is 9.90 Å². The number of rotatable bonds is 5. The fourth-order valence-corrected chi connectivity index (χ4v) is 1.65. The first kappa shape index (κ1) is 15.7. The van der Waals surface area contributed by atoms with Crippen molar-refractivity contribution in [2.24, 2.45) is 0 Å². The minimum atomic E-state index is -0.154. The third-order valence-electron chi connectivity index (χ3n) is 2.67. The summed E-state index contributed by atoms with van der Waals surface area (Å²) < 4.78 is 0. The van der Waals surface area contributed by atoms with E-state index < -0.39 is 0 Å². The smallest absolute Gasteiger partial charge is 0.255 e. The van der Waals surface area contributed by atoms with Crippen LogP contribution in [-0.4, -0.2) is 40.6 Å². The molecule has 5 nitrogen and oxygen atoms in total. The van der Waals surface area contributed by atoms with E-state index in [1.165, 1.54) is 6.20 Å². The highest BCUT2D eigenvalue weighted by Gasteiger charge is 2.16. The van der Waals surface area contributed by atoms with Crippen LogP contribution in [0.4, 0.5) is 0 Å². The van der Waals surface area contributed by atoms with Crippen LogP contribution >= 0.6 is 0 Å². The van der Waals surface area contributed by atoms with Crippen LogP contribution in [-0.2, 0) is 0 Å². The Labute approximate surface area is 118 Å². The van der Waals surface area contributed by atoms with Crippen molar-refractivity contribution in [3.8, 4) is 17.9 Å². The summed E-state index contributed by atoms with van der Waals surface area (Å²) in [5.74, 6) is 5.47. The van der Waals surface area contributed by atoms with Gasteiger partial charge in [0.1, 0.15) is 0 Å². The van der Waals surface area contributed by atoms with E-state index in [1.54, 1.807) is 17.2 Å². The van der Waals surface area contributed by atoms with Gasteiger partial charge in [0.25, 0.3) is 5.91 Å². The molecule has 0 radical (unpaired) electrons. The molecule has 1 heterocycles. The third kappa shape index (κ3) is 4.38. The molecule has 0 aromatic carbocycles. The lowest BCUT2D eigenvalue weighted by Gasteiger charge is -2.20. The molecule has 0 unspecified atom stereocenters. The van der Waals surface area contributed by atoms with E-state index in [0.29, 0.717) is 37.1 Å². The average Bonchev–Trinajstić information content (AvgIpc) is 2.48. The van der Waals surface area contributed by atoms with Crippen LogP contribution in [0.1, 0.15) is 35.7 Å². The normalized spacial score (nSPS) is 9.25. The first-order valence-electron chi connectivity index (χ1n) is 6.44. The van der Waals surface area contributed by atoms with Gasteiger partial charge < -0.3 is 10.0 Å². The number of carbonyl (C=O) groups is 1. The second kappa shape index (κ2) is 8.68. The molecule has 1 N–H and O–H groups in total. The van der Waals surface area contributed by atoms with Gasteiger partial charge in [-0.2, -0.15) is 5.26 Å². The summed E-state index contributed by atoms with van der Waals surface area (Å²) in [6.45, 7) is 2.79. The summed E-state index contributed by atoms with van der Waals surface area (Å²) in [5.41, 5.74) is 1.02. The number of pyridine rings is 1. The van der Waals surface area contributed by atoms with Crippen LogP contribution in [0.5, 0.6) is 0 Å². The predicted octanol–water partition coefficient (Wildman–Crippen LogP) is 1.19. The second-order valence-electron chi connectivity index (χ2n) is 3.99. The van der Waals surface area contributed by atoms with Crippen LogP contribution < -0.4 is 0 Å². The molecule has 0 saturated heterocycles. The van der Waals surface area contributed by atoms with Crippen molar-refractivity contribution >= 4 is 5.91 Å². The fourth-order valence-electron chi connectivity index (χ4n) is 1.65. The van der Waals surface area contributed by atoms with E-state index in [0.717, 1.165) is 0 Å². The predicted molar refractivity (Wildman–Crippen MR) is 74.6 cm³/mol. The van der Waals surface area contributed by atoms with Gasteiger partial charge in [0.05, 0.1) is 30.2 Å². The maximum absolute atomic E-state index is 12.4. The number of hydrogen-bond donors (Lipinski definition) is 1. The molecule has 1 aromatic rings. The molecule has 0 fully saturated rings. The highest BCUT2D eigenvalue weighted by molar-refractivity contribution is 5.96. The van der Waals surface area contributed by atoms with Crippen molar-refractivity contribution in [3.05, 3.63) is 29.6 Å². The Morgan fingerprint density at radius 3 is 2.95 bits per heavy atom. The van der Waals surface area contributed by atoms with Crippen LogP contribution in [0.3, 0.4) is 0 Å². The number of aliphatic hydroxyl groups excluding tert-OH is 1. The number of aromatic nitrogens is 1. The van der Waals surface area contributed by atoms with Gasteiger partial charge >= 0.3 is 0 Å². The lowest BCUT2D eigenvalue weighted by Crippen LogP contribution is -2.32. The zero-order valence-corrected chi connectivity index (χ0v) is 11.5. The van der Waals surface area contributed by atoms with Gasteiger partial charge in [0.2, 0.25) is 0 Å². The van der Waals surface area contributed by atoms with E-state index in [-0.39, 0.29) is 12.5 Å². The molecule has 20 heavy (non-hydrogen) atoms. The van der Waals surface area contributed by atoms with Gasteiger partial charge in [-0.05, 0) is 13.0 Å². The van der Waals surface area contributed by atoms with Crippen molar-refractivity contribution in [2.75, 3.05) is 19.7 Å². The van der Waals surface area contributed by atoms with E-state index in [4.69, 9.17) is 10.4 Å². The van der Waals surface area contributed by atoms with Gasteiger partial charge in [-0.3, -0.25) is 9.78 Å². The number of aliphatic hydroxyl groups is 1. The summed E-state index contributed by atoms with van der Waals surface area (Å²) in [5, 5.41) is 17.3. The van der Waals surface area contributed by atoms with Crippen LogP contribution in [0, 0.1) is 23.2 Å². The molecule has 1 aromatic heterocycles. The minimum Gasteiger partial charge on any atom is -0.395 e. The standard InChI is InChI=1S/C15H17N3O2/c1-2-18(10-5-8-16)15(20)14-7-9-17-12-13(14)6-3-4-11-19/h7,9,12,19H,2,4-5,10-11H2,1H3. The number of hydrogen-bond acceptors (Lipinski definition) is 4. The molecule has 1 amide bonds. The lowest BCUT2D eigenvalue weighted by atomic mass is 10.1. The van der Waals surface area contributed by atoms with Gasteiger partial charge in [-0.1, -0.05) is 11.8 Å². The SMILES string of the molecule is CCN(CCC#N)C(=O)c1ccncc1C#CCCO. The first-order chi connectivity index (χ1) is 9.74. The van der Waals surface area contributed by atoms with Gasteiger partial charge in [-0.15, -0.1) is 0 Å². The zero-order chi connectivity index (χ0) is 14.8. The topological polar surface area (TPSA) is 77.2 Å². The van der Waals surface area contributed by atoms with E-state index in [1.807, 2.05) is 13.0 Å². The minimum absolute atomic E-state index is 0.0141. The fraction of sp³-hybridized carbons (Fsp3) is 0.400. The number of carbonyl (C=O) groups excluding carboxylic acids is 1. The van der Waals surface area contributed by atoms with E-state index in [9.17, 15) is 4.79 Å². The van der Waals surface area contributed by atoms with E-state index >= 15 is 0 Å². The van der Waals surface area contributed by atoms with Crippen molar-refractivity contribution in [1.29, 1.82) is 5.26 Å². The Kier molecular flexibility index (Phi) is 6.81. The summed E-state index contributed by atoms with van der Waals surface area (Å²) in [4.78, 5) is 18.0. The van der Waals surface area contributed by atoms with Crippen molar-refractivity contribution in [2.45, 2.75) is 19.8 Å². The molecule has 0 spiro atoms. The van der Waals surface area contributed by atoms with Gasteiger partial charge in [-0.25, -0.2) is 0 Å². The summed E-state index contributed by atoms with van der Waals surface area (Å²) in [7, 11) is 0.